The van der Waals surface area contributed by atoms with Gasteiger partial charge in [-0.2, -0.15) is 0 Å². The summed E-state index contributed by atoms with van der Waals surface area (Å²) in [6.45, 7) is 12.9. The molecule has 0 aliphatic rings. The molecule has 0 aromatic carbocycles. The van der Waals surface area contributed by atoms with Gasteiger partial charge in [-0.1, -0.05) is 26.0 Å². The molecule has 0 saturated carbocycles. The van der Waals surface area contributed by atoms with Gasteiger partial charge in [0.2, 0.25) is 0 Å². The van der Waals surface area contributed by atoms with E-state index in [1.807, 2.05) is 19.4 Å². The molecule has 0 amide bonds. The second kappa shape index (κ2) is 7.34. The Hall–Kier alpha value is -1.13. The van der Waals surface area contributed by atoms with Crippen LogP contribution < -0.4 is 5.73 Å². The Bertz CT molecular complexity index is 371. The first kappa shape index (κ1) is 14.9. The van der Waals surface area contributed by atoms with E-state index in [1.54, 1.807) is 0 Å². The molecule has 4 heteroatoms. The van der Waals surface area contributed by atoms with Gasteiger partial charge in [-0.05, 0) is 12.8 Å². The first-order chi connectivity index (χ1) is 8.56. The highest BCUT2D eigenvalue weighted by Gasteiger charge is 2.17. The summed E-state index contributed by atoms with van der Waals surface area (Å²) in [7, 11) is 0. The van der Waals surface area contributed by atoms with Crippen molar-refractivity contribution in [2.24, 2.45) is 11.7 Å². The molecular weight excluding hydrogens is 226 g/mol. The quantitative estimate of drug-likeness (QED) is 0.569. The van der Waals surface area contributed by atoms with E-state index in [4.69, 9.17) is 10.5 Å². The van der Waals surface area contributed by atoms with E-state index in [9.17, 15) is 0 Å². The van der Waals surface area contributed by atoms with Gasteiger partial charge in [-0.15, -0.1) is 0 Å². The molecule has 0 aliphatic carbocycles. The fourth-order valence-electron chi connectivity index (χ4n) is 1.97. The van der Waals surface area contributed by atoms with Crippen molar-refractivity contribution < 1.29 is 4.74 Å². The van der Waals surface area contributed by atoms with Crippen molar-refractivity contribution >= 4 is 0 Å². The number of aromatic nitrogens is 2. The van der Waals surface area contributed by atoms with E-state index in [0.717, 1.165) is 12.1 Å². The number of nitrogens with two attached hydrogens (primary N) is 1. The molecule has 18 heavy (non-hydrogen) atoms. The molecule has 4 nitrogen and oxygen atoms in total. The molecule has 2 N–H and O–H groups in total. The maximum absolute atomic E-state index is 5.84. The summed E-state index contributed by atoms with van der Waals surface area (Å²) in [5.41, 5.74) is 8.09. The third-order valence-corrected chi connectivity index (χ3v) is 3.01. The third-order valence-electron chi connectivity index (χ3n) is 3.01. The van der Waals surface area contributed by atoms with Crippen molar-refractivity contribution in [2.75, 3.05) is 19.8 Å². The molecule has 1 rings (SSSR count). The summed E-state index contributed by atoms with van der Waals surface area (Å²) in [5.74, 6) is 0.871. The standard InChI is InChI=1S/C14H25N3O/c1-11(2)9-18-6-5-17-10-16-8-14(17)13(7-15)12(3)4/h8,10,12-13H,1,5-7,9,15H2,2-4H3. The van der Waals surface area contributed by atoms with Crippen LogP contribution in [0.3, 0.4) is 0 Å². The van der Waals surface area contributed by atoms with Crippen molar-refractivity contribution in [3.63, 3.8) is 0 Å². The topological polar surface area (TPSA) is 53.1 Å². The van der Waals surface area contributed by atoms with Crippen molar-refractivity contribution in [3.05, 3.63) is 30.4 Å². The van der Waals surface area contributed by atoms with Gasteiger partial charge in [-0.3, -0.25) is 0 Å². The van der Waals surface area contributed by atoms with Gasteiger partial charge in [0.15, 0.2) is 0 Å². The molecule has 0 bridgehead atoms. The largest absolute Gasteiger partial charge is 0.375 e. The Morgan fingerprint density at radius 1 is 1.56 bits per heavy atom. The van der Waals surface area contributed by atoms with Gasteiger partial charge in [0.05, 0.1) is 19.5 Å². The lowest BCUT2D eigenvalue weighted by Crippen LogP contribution is -2.21. The van der Waals surface area contributed by atoms with Gasteiger partial charge in [0.1, 0.15) is 0 Å². The van der Waals surface area contributed by atoms with Crippen LogP contribution in [0.25, 0.3) is 0 Å². The van der Waals surface area contributed by atoms with Crippen molar-refractivity contribution in [1.82, 2.24) is 9.55 Å². The van der Waals surface area contributed by atoms with E-state index < -0.39 is 0 Å². The molecule has 1 atom stereocenters. The summed E-state index contributed by atoms with van der Waals surface area (Å²) in [5, 5.41) is 0. The Labute approximate surface area is 110 Å². The second-order valence-electron chi connectivity index (χ2n) is 5.11. The first-order valence-corrected chi connectivity index (χ1v) is 6.48. The molecule has 0 spiro atoms. The zero-order chi connectivity index (χ0) is 13.5. The van der Waals surface area contributed by atoms with Crippen molar-refractivity contribution in [1.29, 1.82) is 0 Å². The highest BCUT2D eigenvalue weighted by Crippen LogP contribution is 2.22. The SMILES string of the molecule is C=C(C)COCCn1cncc1C(CN)C(C)C. The van der Waals surface area contributed by atoms with E-state index in [-0.39, 0.29) is 0 Å². The van der Waals surface area contributed by atoms with E-state index in [0.29, 0.717) is 31.6 Å². The van der Waals surface area contributed by atoms with E-state index in [1.165, 1.54) is 5.69 Å². The average molecular weight is 251 g/mol. The van der Waals surface area contributed by atoms with Crippen LogP contribution in [0.4, 0.5) is 0 Å². The molecule has 0 saturated heterocycles. The Morgan fingerprint density at radius 2 is 2.28 bits per heavy atom. The van der Waals surface area contributed by atoms with Crippen LogP contribution in [0, 0.1) is 5.92 Å². The predicted octanol–water partition coefficient (Wildman–Crippen LogP) is 2.17. The van der Waals surface area contributed by atoms with E-state index in [2.05, 4.69) is 30.0 Å². The highest BCUT2D eigenvalue weighted by atomic mass is 16.5. The molecule has 102 valence electrons. The minimum absolute atomic E-state index is 0.355. The molecule has 1 heterocycles. The molecular formula is C14H25N3O. The molecule has 0 radical (unpaired) electrons. The number of hydrogen-bond donors (Lipinski definition) is 1. The van der Waals surface area contributed by atoms with Gasteiger partial charge >= 0.3 is 0 Å². The minimum atomic E-state index is 0.355. The summed E-state index contributed by atoms with van der Waals surface area (Å²) in [6, 6.07) is 0. The molecule has 1 aromatic heterocycles. The summed E-state index contributed by atoms with van der Waals surface area (Å²) in [6.07, 6.45) is 3.76. The number of imidazole rings is 1. The van der Waals surface area contributed by atoms with Crippen LogP contribution in [-0.2, 0) is 11.3 Å². The second-order valence-corrected chi connectivity index (χ2v) is 5.11. The van der Waals surface area contributed by atoms with Crippen LogP contribution in [-0.4, -0.2) is 29.3 Å². The zero-order valence-corrected chi connectivity index (χ0v) is 11.7. The average Bonchev–Trinajstić information content (AvgIpc) is 2.73. The monoisotopic (exact) mass is 251 g/mol. The molecule has 1 aromatic rings. The fraction of sp³-hybridized carbons (Fsp3) is 0.643. The maximum Gasteiger partial charge on any atom is 0.0949 e. The van der Waals surface area contributed by atoms with Gasteiger partial charge < -0.3 is 15.0 Å². The number of hydrogen-bond acceptors (Lipinski definition) is 3. The van der Waals surface area contributed by atoms with Crippen LogP contribution >= 0.6 is 0 Å². The minimum Gasteiger partial charge on any atom is -0.375 e. The highest BCUT2D eigenvalue weighted by molar-refractivity contribution is 5.08. The summed E-state index contributed by atoms with van der Waals surface area (Å²) < 4.78 is 7.65. The summed E-state index contributed by atoms with van der Waals surface area (Å²) in [4.78, 5) is 4.22. The van der Waals surface area contributed by atoms with Crippen LogP contribution in [0.5, 0.6) is 0 Å². The van der Waals surface area contributed by atoms with Crippen molar-refractivity contribution in [3.8, 4) is 0 Å². The van der Waals surface area contributed by atoms with Crippen LogP contribution in [0.2, 0.25) is 0 Å². The number of nitrogens with zero attached hydrogens (tertiary/aromatic N) is 2. The fourth-order valence-corrected chi connectivity index (χ4v) is 1.97. The summed E-state index contributed by atoms with van der Waals surface area (Å²) >= 11 is 0. The lowest BCUT2D eigenvalue weighted by molar-refractivity contribution is 0.146. The smallest absolute Gasteiger partial charge is 0.0949 e. The van der Waals surface area contributed by atoms with Gasteiger partial charge in [0.25, 0.3) is 0 Å². The van der Waals surface area contributed by atoms with Crippen LogP contribution in [0.15, 0.2) is 24.7 Å². The lowest BCUT2D eigenvalue weighted by Gasteiger charge is -2.20. The normalized spacial score (nSPS) is 12.9. The molecule has 1 unspecified atom stereocenters. The van der Waals surface area contributed by atoms with Gasteiger partial charge in [0, 0.05) is 30.9 Å². The molecule has 0 aliphatic heterocycles. The van der Waals surface area contributed by atoms with Crippen LogP contribution in [0.1, 0.15) is 32.4 Å². The predicted molar refractivity (Wildman–Crippen MR) is 74.5 cm³/mol. The number of ether oxygens (including phenoxy) is 1. The maximum atomic E-state index is 5.84. The number of rotatable bonds is 8. The van der Waals surface area contributed by atoms with Crippen molar-refractivity contribution in [2.45, 2.75) is 33.2 Å². The third kappa shape index (κ3) is 4.27. The Balaban J connectivity index is 2.56. The molecule has 0 fully saturated rings. The Morgan fingerprint density at radius 3 is 2.83 bits per heavy atom. The zero-order valence-electron chi connectivity index (χ0n) is 11.7. The van der Waals surface area contributed by atoms with E-state index >= 15 is 0 Å². The first-order valence-electron chi connectivity index (χ1n) is 6.48. The lowest BCUT2D eigenvalue weighted by atomic mass is 9.93. The Kier molecular flexibility index (Phi) is 6.09. The van der Waals surface area contributed by atoms with Gasteiger partial charge in [-0.25, -0.2) is 4.98 Å².